The highest BCUT2D eigenvalue weighted by molar-refractivity contribution is 7.93. The monoisotopic (exact) mass is 495 g/mol. The third-order valence-corrected chi connectivity index (χ3v) is 7.85. The van der Waals surface area contributed by atoms with Gasteiger partial charge in [0.05, 0.1) is 23.6 Å². The van der Waals surface area contributed by atoms with Gasteiger partial charge in [-0.15, -0.1) is 0 Å². The maximum atomic E-state index is 13.4. The van der Waals surface area contributed by atoms with Crippen molar-refractivity contribution in [3.05, 3.63) is 83.9 Å². The Hall–Kier alpha value is -3.85. The number of aliphatic carboxylic acids is 1. The minimum Gasteiger partial charge on any atom is -0.496 e. The number of fused-ring (bicyclic) bond motifs is 1. The molecule has 1 aliphatic rings. The number of carboxylic acid groups (broad SMARTS) is 1. The predicted octanol–water partition coefficient (Wildman–Crippen LogP) is 4.00. The van der Waals surface area contributed by atoms with Gasteiger partial charge >= 0.3 is 11.9 Å². The van der Waals surface area contributed by atoms with Crippen LogP contribution < -0.4 is 13.8 Å². The highest BCUT2D eigenvalue weighted by Crippen LogP contribution is 2.37. The molecule has 2 atom stereocenters. The quantitative estimate of drug-likeness (QED) is 0.371. The fourth-order valence-corrected chi connectivity index (χ4v) is 5.93. The molecule has 1 heterocycles. The Kier molecular flexibility index (Phi) is 6.79. The molecule has 0 fully saturated rings. The number of carbonyl (C=O) groups excluding carboxylic acids is 1. The molecule has 0 amide bonds. The lowest BCUT2D eigenvalue weighted by atomic mass is 9.95. The van der Waals surface area contributed by atoms with Crippen LogP contribution in [0.25, 0.3) is 0 Å². The largest absolute Gasteiger partial charge is 0.496 e. The standard InChI is InChI=1S/C26H25NO7S/c1-3-20(21-9-5-7-11-24(21)33-2)26(30)34-18-12-14-19(15-13-18)35(31,32)27-22-10-6-4-8-17(22)16-23(27)25(28)29/h4-15,20,23H,3,16H2,1-2H3,(H,28,29). The minimum absolute atomic E-state index is 0.0851. The number of carboxylic acids is 1. The molecule has 0 saturated heterocycles. The molecule has 8 nitrogen and oxygen atoms in total. The lowest BCUT2D eigenvalue weighted by Crippen LogP contribution is -2.42. The second-order valence-corrected chi connectivity index (χ2v) is 9.90. The molecule has 0 bridgehead atoms. The van der Waals surface area contributed by atoms with Crippen molar-refractivity contribution in [3.63, 3.8) is 0 Å². The first-order valence-electron chi connectivity index (χ1n) is 11.1. The molecule has 2 unspecified atom stereocenters. The summed E-state index contributed by atoms with van der Waals surface area (Å²) < 4.78 is 38.6. The molecular weight excluding hydrogens is 470 g/mol. The Labute approximate surface area is 203 Å². The van der Waals surface area contributed by atoms with Crippen LogP contribution in [-0.4, -0.2) is 38.6 Å². The molecule has 3 aromatic carbocycles. The number of ether oxygens (including phenoxy) is 2. The van der Waals surface area contributed by atoms with E-state index in [9.17, 15) is 23.1 Å². The minimum atomic E-state index is -4.17. The van der Waals surface area contributed by atoms with E-state index in [1.807, 2.05) is 19.1 Å². The summed E-state index contributed by atoms with van der Waals surface area (Å²) in [5, 5.41) is 9.64. The zero-order chi connectivity index (χ0) is 25.2. The number of para-hydroxylation sites is 2. The number of methoxy groups -OCH3 is 1. The number of hydrogen-bond acceptors (Lipinski definition) is 6. The molecule has 9 heteroatoms. The van der Waals surface area contributed by atoms with E-state index in [1.54, 1.807) is 36.4 Å². The van der Waals surface area contributed by atoms with E-state index in [-0.39, 0.29) is 17.1 Å². The van der Waals surface area contributed by atoms with Crippen LogP contribution in [-0.2, 0) is 26.0 Å². The number of anilines is 1. The Morgan fingerprint density at radius 2 is 1.69 bits per heavy atom. The van der Waals surface area contributed by atoms with Gasteiger partial charge in [0.15, 0.2) is 0 Å². The zero-order valence-electron chi connectivity index (χ0n) is 19.2. The molecule has 1 N–H and O–H groups in total. The van der Waals surface area contributed by atoms with Gasteiger partial charge < -0.3 is 14.6 Å². The molecule has 0 spiro atoms. The van der Waals surface area contributed by atoms with Crippen LogP contribution in [0.15, 0.2) is 77.7 Å². The van der Waals surface area contributed by atoms with Crippen molar-refractivity contribution < 1.29 is 32.6 Å². The zero-order valence-corrected chi connectivity index (χ0v) is 20.1. The summed E-state index contributed by atoms with van der Waals surface area (Å²) in [5.74, 6) is -1.52. The maximum absolute atomic E-state index is 13.4. The van der Waals surface area contributed by atoms with Gasteiger partial charge in [0.25, 0.3) is 10.0 Å². The molecule has 0 saturated carbocycles. The van der Waals surface area contributed by atoms with Crippen LogP contribution in [0.1, 0.15) is 30.4 Å². The fourth-order valence-electron chi connectivity index (χ4n) is 4.29. The predicted molar refractivity (Wildman–Crippen MR) is 129 cm³/mol. The highest BCUT2D eigenvalue weighted by atomic mass is 32.2. The fraction of sp³-hybridized carbons (Fsp3) is 0.231. The summed E-state index contributed by atoms with van der Waals surface area (Å²) in [6.07, 6.45) is 0.568. The van der Waals surface area contributed by atoms with Gasteiger partial charge in [-0.3, -0.25) is 9.10 Å². The Morgan fingerprint density at radius 1 is 1.03 bits per heavy atom. The number of benzene rings is 3. The third kappa shape index (κ3) is 4.59. The lowest BCUT2D eigenvalue weighted by Gasteiger charge is -2.24. The average molecular weight is 496 g/mol. The first-order valence-corrected chi connectivity index (χ1v) is 12.5. The van der Waals surface area contributed by atoms with E-state index in [0.29, 0.717) is 29.0 Å². The first-order chi connectivity index (χ1) is 16.8. The van der Waals surface area contributed by atoms with Crippen molar-refractivity contribution in [2.45, 2.75) is 36.6 Å². The normalized spacial score (nSPS) is 15.8. The van der Waals surface area contributed by atoms with Crippen LogP contribution in [0.4, 0.5) is 5.69 Å². The van der Waals surface area contributed by atoms with E-state index in [0.717, 1.165) is 4.31 Å². The molecule has 0 aromatic heterocycles. The molecule has 35 heavy (non-hydrogen) atoms. The van der Waals surface area contributed by atoms with E-state index < -0.39 is 33.9 Å². The maximum Gasteiger partial charge on any atom is 0.327 e. The Balaban J connectivity index is 1.58. The third-order valence-electron chi connectivity index (χ3n) is 6.02. The van der Waals surface area contributed by atoms with Crippen molar-refractivity contribution in [1.29, 1.82) is 0 Å². The summed E-state index contributed by atoms with van der Waals surface area (Å²) in [5.41, 5.74) is 1.70. The molecule has 4 rings (SSSR count). The van der Waals surface area contributed by atoms with Gasteiger partial charge in [0.1, 0.15) is 17.5 Å². The van der Waals surface area contributed by atoms with Crippen LogP contribution >= 0.6 is 0 Å². The van der Waals surface area contributed by atoms with Crippen LogP contribution in [0, 0.1) is 0 Å². The highest BCUT2D eigenvalue weighted by Gasteiger charge is 2.42. The number of sulfonamides is 1. The van der Waals surface area contributed by atoms with Crippen molar-refractivity contribution in [3.8, 4) is 11.5 Å². The van der Waals surface area contributed by atoms with Crippen LogP contribution in [0.3, 0.4) is 0 Å². The molecular formula is C26H25NO7S. The molecule has 3 aromatic rings. The molecule has 1 aliphatic heterocycles. The number of carbonyl (C=O) groups is 2. The number of rotatable bonds is 8. The molecule has 0 aliphatic carbocycles. The summed E-state index contributed by atoms with van der Waals surface area (Å²) in [4.78, 5) is 24.6. The van der Waals surface area contributed by atoms with E-state index in [4.69, 9.17) is 9.47 Å². The Bertz CT molecular complexity index is 1350. The van der Waals surface area contributed by atoms with Gasteiger partial charge in [0, 0.05) is 12.0 Å². The summed E-state index contributed by atoms with van der Waals surface area (Å²) in [6, 6.07) is 18.1. The van der Waals surface area contributed by atoms with E-state index >= 15 is 0 Å². The van der Waals surface area contributed by atoms with Crippen molar-refractivity contribution in [2.24, 2.45) is 0 Å². The van der Waals surface area contributed by atoms with Crippen LogP contribution in [0.2, 0.25) is 0 Å². The summed E-state index contributed by atoms with van der Waals surface area (Å²) >= 11 is 0. The van der Waals surface area contributed by atoms with E-state index in [2.05, 4.69) is 0 Å². The average Bonchev–Trinajstić information content (AvgIpc) is 3.26. The number of hydrogen-bond donors (Lipinski definition) is 1. The Morgan fingerprint density at radius 3 is 2.34 bits per heavy atom. The lowest BCUT2D eigenvalue weighted by molar-refractivity contribution is -0.138. The molecule has 182 valence electrons. The first kappa shape index (κ1) is 24.3. The van der Waals surface area contributed by atoms with Crippen LogP contribution in [0.5, 0.6) is 11.5 Å². The number of nitrogens with zero attached hydrogens (tertiary/aromatic N) is 1. The van der Waals surface area contributed by atoms with Gasteiger partial charge in [0.2, 0.25) is 0 Å². The second kappa shape index (κ2) is 9.79. The second-order valence-electron chi connectivity index (χ2n) is 8.08. The summed E-state index contributed by atoms with van der Waals surface area (Å²) in [6.45, 7) is 1.86. The van der Waals surface area contributed by atoms with Crippen molar-refractivity contribution >= 4 is 27.6 Å². The summed E-state index contributed by atoms with van der Waals surface area (Å²) in [7, 11) is -2.64. The van der Waals surface area contributed by atoms with E-state index in [1.165, 1.54) is 31.4 Å². The topological polar surface area (TPSA) is 110 Å². The molecule has 0 radical (unpaired) electrons. The van der Waals surface area contributed by atoms with Crippen molar-refractivity contribution in [1.82, 2.24) is 0 Å². The van der Waals surface area contributed by atoms with Gasteiger partial charge in [-0.25, -0.2) is 13.2 Å². The van der Waals surface area contributed by atoms with Crippen molar-refractivity contribution in [2.75, 3.05) is 11.4 Å². The van der Waals surface area contributed by atoms with Gasteiger partial charge in [-0.1, -0.05) is 43.3 Å². The smallest absolute Gasteiger partial charge is 0.327 e. The van der Waals surface area contributed by atoms with Gasteiger partial charge in [-0.2, -0.15) is 0 Å². The van der Waals surface area contributed by atoms with Gasteiger partial charge in [-0.05, 0) is 48.4 Å². The SMILES string of the molecule is CCC(C(=O)Oc1ccc(S(=O)(=O)N2c3ccccc3CC2C(=O)O)cc1)c1ccccc1OC. The number of esters is 1.